The molecule has 2 aromatic rings. The van der Waals surface area contributed by atoms with E-state index in [1.165, 1.54) is 5.56 Å². The molecule has 0 aliphatic carbocycles. The molecule has 4 heteroatoms. The maximum absolute atomic E-state index is 5.38. The Morgan fingerprint density at radius 2 is 1.95 bits per heavy atom. The van der Waals surface area contributed by atoms with Crippen LogP contribution in [0.3, 0.4) is 0 Å². The number of aromatic nitrogens is 2. The van der Waals surface area contributed by atoms with Gasteiger partial charge < -0.3 is 4.52 Å². The standard InChI is InChI=1S/C18H25N3O/c1-6-21(11-13(2)3)12-17-19-18(20-22-17)16-9-7-15(8-10-16)14(4)5/h7-10,14H,2,6,11-12H2,1,3-5H3. The van der Waals surface area contributed by atoms with Crippen LogP contribution in [0.5, 0.6) is 0 Å². The first kappa shape index (κ1) is 16.4. The second kappa shape index (κ2) is 7.36. The zero-order chi connectivity index (χ0) is 16.1. The topological polar surface area (TPSA) is 42.2 Å². The van der Waals surface area contributed by atoms with E-state index in [-0.39, 0.29) is 0 Å². The molecule has 1 aromatic heterocycles. The lowest BCUT2D eigenvalue weighted by Crippen LogP contribution is -2.24. The van der Waals surface area contributed by atoms with E-state index >= 15 is 0 Å². The third kappa shape index (κ3) is 4.28. The maximum Gasteiger partial charge on any atom is 0.241 e. The van der Waals surface area contributed by atoms with Gasteiger partial charge in [-0.15, -0.1) is 0 Å². The summed E-state index contributed by atoms with van der Waals surface area (Å²) in [6.07, 6.45) is 0. The van der Waals surface area contributed by atoms with Crippen LogP contribution in [0.2, 0.25) is 0 Å². The molecule has 0 fully saturated rings. The third-order valence-corrected chi connectivity index (χ3v) is 3.60. The van der Waals surface area contributed by atoms with Crippen molar-refractivity contribution in [1.82, 2.24) is 15.0 Å². The summed E-state index contributed by atoms with van der Waals surface area (Å²) in [7, 11) is 0. The number of hydrogen-bond donors (Lipinski definition) is 0. The molecule has 0 bridgehead atoms. The fraction of sp³-hybridized carbons (Fsp3) is 0.444. The van der Waals surface area contributed by atoms with Crippen molar-refractivity contribution in [2.75, 3.05) is 13.1 Å². The van der Waals surface area contributed by atoms with Crippen LogP contribution < -0.4 is 0 Å². The molecule has 118 valence electrons. The highest BCUT2D eigenvalue weighted by molar-refractivity contribution is 5.54. The summed E-state index contributed by atoms with van der Waals surface area (Å²) in [5.74, 6) is 1.82. The summed E-state index contributed by atoms with van der Waals surface area (Å²) in [6.45, 7) is 14.9. The summed E-state index contributed by atoms with van der Waals surface area (Å²) in [4.78, 5) is 6.72. The van der Waals surface area contributed by atoms with E-state index in [0.29, 0.717) is 24.2 Å². The van der Waals surface area contributed by atoms with Crippen LogP contribution in [0, 0.1) is 0 Å². The molecule has 22 heavy (non-hydrogen) atoms. The molecule has 0 spiro atoms. The van der Waals surface area contributed by atoms with Gasteiger partial charge in [-0.25, -0.2) is 0 Å². The van der Waals surface area contributed by atoms with Crippen molar-refractivity contribution in [1.29, 1.82) is 0 Å². The molecule has 0 unspecified atom stereocenters. The second-order valence-electron chi connectivity index (χ2n) is 6.05. The molecule has 0 radical (unpaired) electrons. The van der Waals surface area contributed by atoms with Gasteiger partial charge >= 0.3 is 0 Å². The van der Waals surface area contributed by atoms with Crippen molar-refractivity contribution in [2.24, 2.45) is 0 Å². The first-order valence-corrected chi connectivity index (χ1v) is 7.79. The largest absolute Gasteiger partial charge is 0.338 e. The molecule has 1 heterocycles. The average molecular weight is 299 g/mol. The monoisotopic (exact) mass is 299 g/mol. The Kier molecular flexibility index (Phi) is 5.50. The molecule has 4 nitrogen and oxygen atoms in total. The van der Waals surface area contributed by atoms with Crippen LogP contribution in [0.25, 0.3) is 11.4 Å². The normalized spacial score (nSPS) is 11.4. The molecule has 0 amide bonds. The Balaban J connectivity index is 2.08. The minimum absolute atomic E-state index is 0.523. The number of benzene rings is 1. The summed E-state index contributed by atoms with van der Waals surface area (Å²) in [6, 6.07) is 8.34. The molecule has 2 rings (SSSR count). The Morgan fingerprint density at radius 1 is 1.27 bits per heavy atom. The predicted molar refractivity (Wildman–Crippen MR) is 89.6 cm³/mol. The minimum Gasteiger partial charge on any atom is -0.338 e. The van der Waals surface area contributed by atoms with Crippen LogP contribution >= 0.6 is 0 Å². The van der Waals surface area contributed by atoms with Gasteiger partial charge in [0, 0.05) is 12.1 Å². The van der Waals surface area contributed by atoms with Crippen molar-refractivity contribution in [3.8, 4) is 11.4 Å². The van der Waals surface area contributed by atoms with E-state index < -0.39 is 0 Å². The highest BCUT2D eigenvalue weighted by Crippen LogP contribution is 2.20. The Morgan fingerprint density at radius 3 is 2.50 bits per heavy atom. The number of rotatable bonds is 7. The summed E-state index contributed by atoms with van der Waals surface area (Å²) < 4.78 is 5.38. The Bertz CT molecular complexity index is 614. The first-order chi connectivity index (χ1) is 10.5. The third-order valence-electron chi connectivity index (χ3n) is 3.60. The molecule has 0 atom stereocenters. The molecule has 0 saturated carbocycles. The van der Waals surface area contributed by atoms with E-state index in [0.717, 1.165) is 24.2 Å². The summed E-state index contributed by atoms with van der Waals surface area (Å²) in [5.41, 5.74) is 3.43. The first-order valence-electron chi connectivity index (χ1n) is 7.79. The Labute approximate surface area is 132 Å². The van der Waals surface area contributed by atoms with E-state index in [9.17, 15) is 0 Å². The van der Waals surface area contributed by atoms with Crippen LogP contribution in [-0.4, -0.2) is 28.1 Å². The molecule has 0 aliphatic heterocycles. The second-order valence-corrected chi connectivity index (χ2v) is 6.05. The van der Waals surface area contributed by atoms with Gasteiger partial charge in [0.05, 0.1) is 6.54 Å². The van der Waals surface area contributed by atoms with Gasteiger partial charge in [0.15, 0.2) is 0 Å². The zero-order valence-electron chi connectivity index (χ0n) is 14.0. The fourth-order valence-electron chi connectivity index (χ4n) is 2.31. The van der Waals surface area contributed by atoms with Crippen LogP contribution in [0.15, 0.2) is 40.9 Å². The number of nitrogens with zero attached hydrogens (tertiary/aromatic N) is 3. The van der Waals surface area contributed by atoms with Gasteiger partial charge in [-0.1, -0.05) is 62.3 Å². The Hall–Kier alpha value is -1.94. The lowest BCUT2D eigenvalue weighted by atomic mass is 10.0. The highest BCUT2D eigenvalue weighted by atomic mass is 16.5. The van der Waals surface area contributed by atoms with Gasteiger partial charge in [-0.05, 0) is 24.9 Å². The number of likely N-dealkylation sites (N-methyl/N-ethyl adjacent to an activating group) is 1. The van der Waals surface area contributed by atoms with Crippen LogP contribution in [-0.2, 0) is 6.54 Å². The van der Waals surface area contributed by atoms with E-state index in [4.69, 9.17) is 4.52 Å². The van der Waals surface area contributed by atoms with Crippen LogP contribution in [0.1, 0.15) is 45.1 Å². The van der Waals surface area contributed by atoms with Crippen molar-refractivity contribution >= 4 is 0 Å². The minimum atomic E-state index is 0.523. The van der Waals surface area contributed by atoms with Crippen molar-refractivity contribution in [2.45, 2.75) is 40.2 Å². The molecule has 0 N–H and O–H groups in total. The molecule has 0 saturated heterocycles. The summed E-state index contributed by atoms with van der Waals surface area (Å²) in [5, 5.41) is 4.09. The zero-order valence-corrected chi connectivity index (χ0v) is 14.0. The smallest absolute Gasteiger partial charge is 0.241 e. The van der Waals surface area contributed by atoms with Gasteiger partial charge in [0.25, 0.3) is 0 Å². The quantitative estimate of drug-likeness (QED) is 0.716. The average Bonchev–Trinajstić information content (AvgIpc) is 2.94. The maximum atomic E-state index is 5.38. The van der Waals surface area contributed by atoms with E-state index in [1.807, 2.05) is 6.92 Å². The predicted octanol–water partition coefficient (Wildman–Crippen LogP) is 4.26. The number of hydrogen-bond acceptors (Lipinski definition) is 4. The molecular weight excluding hydrogens is 274 g/mol. The molecule has 0 aliphatic rings. The van der Waals surface area contributed by atoms with Gasteiger partial charge in [-0.3, -0.25) is 4.90 Å². The van der Waals surface area contributed by atoms with Gasteiger partial charge in [0.1, 0.15) is 0 Å². The molecule has 1 aromatic carbocycles. The lowest BCUT2D eigenvalue weighted by molar-refractivity contribution is 0.252. The van der Waals surface area contributed by atoms with Gasteiger partial charge in [0.2, 0.25) is 11.7 Å². The van der Waals surface area contributed by atoms with Crippen molar-refractivity contribution in [3.05, 3.63) is 47.9 Å². The van der Waals surface area contributed by atoms with Crippen LogP contribution in [0.4, 0.5) is 0 Å². The van der Waals surface area contributed by atoms with Gasteiger partial charge in [-0.2, -0.15) is 4.98 Å². The highest BCUT2D eigenvalue weighted by Gasteiger charge is 2.12. The van der Waals surface area contributed by atoms with E-state index in [2.05, 4.69) is 66.7 Å². The lowest BCUT2D eigenvalue weighted by Gasteiger charge is -2.17. The molecular formula is C18H25N3O. The van der Waals surface area contributed by atoms with Crippen molar-refractivity contribution < 1.29 is 4.52 Å². The van der Waals surface area contributed by atoms with Crippen molar-refractivity contribution in [3.63, 3.8) is 0 Å². The SMILES string of the molecule is C=C(C)CN(CC)Cc1nc(-c2ccc(C(C)C)cc2)no1. The summed E-state index contributed by atoms with van der Waals surface area (Å²) >= 11 is 0. The fourth-order valence-corrected chi connectivity index (χ4v) is 2.31. The van der Waals surface area contributed by atoms with E-state index in [1.54, 1.807) is 0 Å².